The molecule has 0 bridgehead atoms. The molecule has 1 aromatic rings. The fraction of sp³-hybridized carbons (Fsp3) is 0.550. The molecule has 6 heteroatoms. The molecule has 2 heterocycles. The van der Waals surface area contributed by atoms with Crippen LogP contribution in [0.2, 0.25) is 0 Å². The number of rotatable bonds is 5. The summed E-state index contributed by atoms with van der Waals surface area (Å²) in [4.78, 5) is 37.2. The third-order valence-electron chi connectivity index (χ3n) is 5.45. The second-order valence-corrected chi connectivity index (χ2v) is 7.40. The predicted octanol–water partition coefficient (Wildman–Crippen LogP) is 1.40. The van der Waals surface area contributed by atoms with Gasteiger partial charge in [-0.3, -0.25) is 19.7 Å². The molecule has 0 atom stereocenters. The fourth-order valence-electron chi connectivity index (χ4n) is 3.98. The van der Waals surface area contributed by atoms with Crippen LogP contribution < -0.4 is 5.32 Å². The van der Waals surface area contributed by atoms with Gasteiger partial charge in [-0.2, -0.15) is 0 Å². The van der Waals surface area contributed by atoms with Gasteiger partial charge in [0, 0.05) is 32.4 Å². The van der Waals surface area contributed by atoms with Crippen LogP contribution >= 0.6 is 0 Å². The summed E-state index contributed by atoms with van der Waals surface area (Å²) < 4.78 is 0. The van der Waals surface area contributed by atoms with E-state index < -0.39 is 0 Å². The molecule has 2 saturated heterocycles. The zero-order valence-electron chi connectivity index (χ0n) is 14.9. The van der Waals surface area contributed by atoms with E-state index in [4.69, 9.17) is 0 Å². The number of carbonyl (C=O) groups is 3. The van der Waals surface area contributed by atoms with Crippen molar-refractivity contribution in [1.82, 2.24) is 10.2 Å². The van der Waals surface area contributed by atoms with E-state index in [9.17, 15) is 19.5 Å². The van der Waals surface area contributed by atoms with Crippen LogP contribution in [-0.4, -0.2) is 40.8 Å². The van der Waals surface area contributed by atoms with Gasteiger partial charge in [0.05, 0.1) is 6.61 Å². The van der Waals surface area contributed by atoms with Crippen molar-refractivity contribution in [3.63, 3.8) is 0 Å². The molecular formula is C20H26N2O4. The standard InChI is InChI=1S/C20H26N2O4/c23-13-17-4-2-1-3-16(17)9-14-5-7-22(8-6-14)20(26)12-15-10-18(24)21-19(25)11-15/h1-4,14-15,23H,5-13H2,(H,21,24,25). The number of nitrogens with one attached hydrogen (secondary N) is 1. The van der Waals surface area contributed by atoms with Crippen LogP contribution in [0.4, 0.5) is 0 Å². The zero-order valence-corrected chi connectivity index (χ0v) is 14.9. The Hall–Kier alpha value is -2.21. The molecule has 2 aliphatic rings. The van der Waals surface area contributed by atoms with Gasteiger partial charge in [-0.15, -0.1) is 0 Å². The predicted molar refractivity (Wildman–Crippen MR) is 95.9 cm³/mol. The first-order valence-electron chi connectivity index (χ1n) is 9.33. The molecule has 0 aliphatic carbocycles. The zero-order chi connectivity index (χ0) is 18.5. The molecular weight excluding hydrogens is 332 g/mol. The Labute approximate surface area is 153 Å². The normalized spacial score (nSPS) is 19.5. The summed E-state index contributed by atoms with van der Waals surface area (Å²) >= 11 is 0. The van der Waals surface area contributed by atoms with Crippen molar-refractivity contribution in [2.45, 2.75) is 45.1 Å². The van der Waals surface area contributed by atoms with E-state index in [0.717, 1.165) is 37.9 Å². The van der Waals surface area contributed by atoms with Gasteiger partial charge in [-0.05, 0) is 42.2 Å². The van der Waals surface area contributed by atoms with Crippen molar-refractivity contribution in [3.05, 3.63) is 35.4 Å². The molecule has 3 amide bonds. The fourth-order valence-corrected chi connectivity index (χ4v) is 3.98. The van der Waals surface area contributed by atoms with Crippen LogP contribution in [0.3, 0.4) is 0 Å². The Kier molecular flexibility index (Phi) is 6.04. The highest BCUT2D eigenvalue weighted by Gasteiger charge is 2.30. The number of aliphatic hydroxyl groups excluding tert-OH is 1. The van der Waals surface area contributed by atoms with Crippen molar-refractivity contribution >= 4 is 17.7 Å². The van der Waals surface area contributed by atoms with Gasteiger partial charge in [0.2, 0.25) is 17.7 Å². The SMILES string of the molecule is O=C1CC(CC(=O)N2CCC(Cc3ccccc3CO)CC2)CC(=O)N1. The van der Waals surface area contributed by atoms with Crippen LogP contribution in [0.1, 0.15) is 43.2 Å². The topological polar surface area (TPSA) is 86.7 Å². The molecule has 0 aromatic heterocycles. The molecule has 140 valence electrons. The first-order chi connectivity index (χ1) is 12.5. The number of likely N-dealkylation sites (tertiary alicyclic amines) is 1. The van der Waals surface area contributed by atoms with E-state index in [0.29, 0.717) is 5.92 Å². The molecule has 2 N–H and O–H groups in total. The average Bonchev–Trinajstić information content (AvgIpc) is 2.62. The number of amides is 3. The summed E-state index contributed by atoms with van der Waals surface area (Å²) in [6, 6.07) is 7.95. The first kappa shape index (κ1) is 18.6. The molecule has 2 fully saturated rings. The Balaban J connectivity index is 1.48. The molecule has 1 aromatic carbocycles. The van der Waals surface area contributed by atoms with Crippen molar-refractivity contribution < 1.29 is 19.5 Å². The smallest absolute Gasteiger partial charge is 0.226 e. The monoisotopic (exact) mass is 358 g/mol. The third-order valence-corrected chi connectivity index (χ3v) is 5.45. The van der Waals surface area contributed by atoms with Crippen LogP contribution in [0, 0.1) is 11.8 Å². The molecule has 26 heavy (non-hydrogen) atoms. The maximum atomic E-state index is 12.5. The van der Waals surface area contributed by atoms with Crippen molar-refractivity contribution in [2.75, 3.05) is 13.1 Å². The van der Waals surface area contributed by atoms with E-state index in [1.807, 2.05) is 23.1 Å². The Morgan fingerprint density at radius 1 is 1.04 bits per heavy atom. The number of aliphatic hydroxyl groups is 1. The number of benzene rings is 1. The Morgan fingerprint density at radius 3 is 2.27 bits per heavy atom. The van der Waals surface area contributed by atoms with Gasteiger partial charge >= 0.3 is 0 Å². The highest BCUT2D eigenvalue weighted by Crippen LogP contribution is 2.25. The average molecular weight is 358 g/mol. The second-order valence-electron chi connectivity index (χ2n) is 7.40. The van der Waals surface area contributed by atoms with Gasteiger partial charge in [-0.1, -0.05) is 24.3 Å². The number of hydrogen-bond acceptors (Lipinski definition) is 4. The van der Waals surface area contributed by atoms with Gasteiger partial charge in [0.1, 0.15) is 0 Å². The second kappa shape index (κ2) is 8.45. The third kappa shape index (κ3) is 4.69. The number of hydrogen-bond donors (Lipinski definition) is 2. The summed E-state index contributed by atoms with van der Waals surface area (Å²) in [5.74, 6) is -0.168. The molecule has 2 aliphatic heterocycles. The number of imide groups is 1. The largest absolute Gasteiger partial charge is 0.392 e. The lowest BCUT2D eigenvalue weighted by Gasteiger charge is -2.33. The van der Waals surface area contributed by atoms with Crippen molar-refractivity contribution in [1.29, 1.82) is 0 Å². The first-order valence-corrected chi connectivity index (χ1v) is 9.33. The molecule has 6 nitrogen and oxygen atoms in total. The Morgan fingerprint density at radius 2 is 1.65 bits per heavy atom. The van der Waals surface area contributed by atoms with E-state index in [-0.39, 0.29) is 49.5 Å². The minimum Gasteiger partial charge on any atom is -0.392 e. The quantitative estimate of drug-likeness (QED) is 0.779. The number of carbonyl (C=O) groups excluding carboxylic acids is 3. The highest BCUT2D eigenvalue weighted by molar-refractivity contribution is 5.98. The summed E-state index contributed by atoms with van der Waals surface area (Å²) in [6.45, 7) is 1.50. The lowest BCUT2D eigenvalue weighted by molar-refractivity contribution is -0.137. The van der Waals surface area contributed by atoms with Crippen molar-refractivity contribution in [2.24, 2.45) is 11.8 Å². The number of piperidine rings is 2. The summed E-state index contributed by atoms with van der Waals surface area (Å²) in [5, 5.41) is 11.7. The molecule has 0 unspecified atom stereocenters. The Bertz CT molecular complexity index is 664. The number of nitrogens with zero attached hydrogens (tertiary/aromatic N) is 1. The van der Waals surface area contributed by atoms with Gasteiger partial charge in [-0.25, -0.2) is 0 Å². The van der Waals surface area contributed by atoms with E-state index in [1.165, 1.54) is 5.56 Å². The summed E-state index contributed by atoms with van der Waals surface area (Å²) in [5.41, 5.74) is 2.16. The maximum Gasteiger partial charge on any atom is 0.226 e. The van der Waals surface area contributed by atoms with Gasteiger partial charge in [0.25, 0.3) is 0 Å². The van der Waals surface area contributed by atoms with Crippen LogP contribution in [-0.2, 0) is 27.4 Å². The minimum absolute atomic E-state index is 0.0479. The van der Waals surface area contributed by atoms with Crippen LogP contribution in [0.5, 0.6) is 0 Å². The molecule has 0 spiro atoms. The van der Waals surface area contributed by atoms with Gasteiger partial charge in [0.15, 0.2) is 0 Å². The van der Waals surface area contributed by atoms with Crippen LogP contribution in [0.15, 0.2) is 24.3 Å². The molecule has 3 rings (SSSR count). The maximum absolute atomic E-state index is 12.5. The van der Waals surface area contributed by atoms with E-state index in [2.05, 4.69) is 11.4 Å². The highest BCUT2D eigenvalue weighted by atomic mass is 16.3. The lowest BCUT2D eigenvalue weighted by atomic mass is 9.87. The van der Waals surface area contributed by atoms with Gasteiger partial charge < -0.3 is 10.0 Å². The summed E-state index contributed by atoms with van der Waals surface area (Å²) in [6.07, 6.45) is 3.59. The van der Waals surface area contributed by atoms with Crippen molar-refractivity contribution in [3.8, 4) is 0 Å². The minimum atomic E-state index is -0.277. The lowest BCUT2D eigenvalue weighted by Crippen LogP contribution is -2.43. The van der Waals surface area contributed by atoms with E-state index >= 15 is 0 Å². The van der Waals surface area contributed by atoms with Crippen LogP contribution in [0.25, 0.3) is 0 Å². The molecule has 0 saturated carbocycles. The molecule has 0 radical (unpaired) electrons. The summed E-state index contributed by atoms with van der Waals surface area (Å²) in [7, 11) is 0. The van der Waals surface area contributed by atoms with E-state index in [1.54, 1.807) is 0 Å².